The molecular weight excluding hydrogens is 454 g/mol. The predicted octanol–water partition coefficient (Wildman–Crippen LogP) is 4.31. The van der Waals surface area contributed by atoms with E-state index in [2.05, 4.69) is 4.57 Å². The fourth-order valence-electron chi connectivity index (χ4n) is 4.74. The predicted molar refractivity (Wildman–Crippen MR) is 130 cm³/mol. The van der Waals surface area contributed by atoms with Crippen molar-refractivity contribution in [3.8, 4) is 11.4 Å². The molecule has 0 spiro atoms. The molecule has 0 radical (unpaired) electrons. The molecule has 0 saturated heterocycles. The van der Waals surface area contributed by atoms with Crippen molar-refractivity contribution in [2.24, 2.45) is 0 Å². The Bertz CT molecular complexity index is 1590. The van der Waals surface area contributed by atoms with E-state index < -0.39 is 15.9 Å². The molecule has 2 aromatic carbocycles. The summed E-state index contributed by atoms with van der Waals surface area (Å²) >= 11 is 0. The smallest absolute Gasteiger partial charge is 0.264 e. The summed E-state index contributed by atoms with van der Waals surface area (Å²) < 4.78 is 32.9. The van der Waals surface area contributed by atoms with Crippen LogP contribution in [-0.2, 0) is 10.0 Å². The number of benzene rings is 2. The van der Waals surface area contributed by atoms with Crippen LogP contribution in [0.5, 0.6) is 0 Å². The summed E-state index contributed by atoms with van der Waals surface area (Å²) in [6.07, 6.45) is 7.92. The Kier molecular flexibility index (Phi) is 5.51. The minimum atomic E-state index is -3.68. The zero-order valence-electron chi connectivity index (χ0n) is 19.0. The molecule has 4 aromatic rings. The van der Waals surface area contributed by atoms with Crippen molar-refractivity contribution in [1.29, 1.82) is 0 Å². The first-order valence-electron chi connectivity index (χ1n) is 11.3. The zero-order valence-corrected chi connectivity index (χ0v) is 19.8. The van der Waals surface area contributed by atoms with Gasteiger partial charge in [-0.3, -0.25) is 9.59 Å². The quantitative estimate of drug-likeness (QED) is 0.467. The Morgan fingerprint density at radius 1 is 1.12 bits per heavy atom. The molecule has 5 rings (SSSR count). The molecule has 34 heavy (non-hydrogen) atoms. The van der Waals surface area contributed by atoms with Crippen LogP contribution in [0, 0.1) is 6.92 Å². The average Bonchev–Trinajstić information content (AvgIpc) is 3.19. The lowest BCUT2D eigenvalue weighted by Gasteiger charge is -2.25. The number of hydrogen-bond donors (Lipinski definition) is 1. The number of amides is 1. The number of carbonyl (C=O) groups excluding carboxylic acids is 1. The van der Waals surface area contributed by atoms with Gasteiger partial charge in [0, 0.05) is 22.7 Å². The minimum Gasteiger partial charge on any atom is -0.464 e. The summed E-state index contributed by atoms with van der Waals surface area (Å²) in [5.74, 6) is 0.0358. The van der Waals surface area contributed by atoms with Crippen LogP contribution >= 0.6 is 0 Å². The highest BCUT2D eigenvalue weighted by Crippen LogP contribution is 2.36. The van der Waals surface area contributed by atoms with Crippen molar-refractivity contribution >= 4 is 37.9 Å². The monoisotopic (exact) mass is 479 g/mol. The van der Waals surface area contributed by atoms with E-state index in [1.807, 2.05) is 22.9 Å². The number of imidazole rings is 1. The van der Waals surface area contributed by atoms with Gasteiger partial charge in [-0.15, -0.1) is 0 Å². The van der Waals surface area contributed by atoms with Gasteiger partial charge in [0.25, 0.3) is 5.91 Å². The van der Waals surface area contributed by atoms with Crippen LogP contribution in [-0.4, -0.2) is 30.1 Å². The van der Waals surface area contributed by atoms with Crippen LogP contribution in [0.25, 0.3) is 33.4 Å². The number of hydrogen-bond acceptors (Lipinski definition) is 6. The standard InChI is InChI=1S/C25H25N3O5S/c1-15-14-33-22-13-16(8-10-19(22)23(15)29)24-26-20-12-17(25(30)27-34(2,31)32)9-11-21(20)28(24)18-6-4-3-5-7-18/h8-14,18H,3-7H2,1-2H3,(H,27,30). The maximum absolute atomic E-state index is 12.5. The fourth-order valence-corrected chi connectivity index (χ4v) is 5.20. The first kappa shape index (κ1) is 22.3. The van der Waals surface area contributed by atoms with Crippen molar-refractivity contribution in [2.75, 3.05) is 6.26 Å². The van der Waals surface area contributed by atoms with Gasteiger partial charge in [-0.25, -0.2) is 18.1 Å². The topological polar surface area (TPSA) is 111 Å². The number of carbonyl (C=O) groups is 1. The molecule has 1 amide bonds. The Morgan fingerprint density at radius 3 is 2.62 bits per heavy atom. The molecule has 2 heterocycles. The second-order valence-electron chi connectivity index (χ2n) is 8.96. The van der Waals surface area contributed by atoms with Crippen LogP contribution in [0.4, 0.5) is 0 Å². The number of fused-ring (bicyclic) bond motifs is 2. The molecule has 0 atom stereocenters. The van der Waals surface area contributed by atoms with Gasteiger partial charge in [-0.2, -0.15) is 0 Å². The highest BCUT2D eigenvalue weighted by Gasteiger charge is 2.24. The summed E-state index contributed by atoms with van der Waals surface area (Å²) in [5, 5.41) is 0.517. The molecule has 8 nitrogen and oxygen atoms in total. The number of aryl methyl sites for hydroxylation is 1. The zero-order chi connectivity index (χ0) is 24.0. The van der Waals surface area contributed by atoms with Gasteiger partial charge < -0.3 is 8.98 Å². The summed E-state index contributed by atoms with van der Waals surface area (Å²) in [6, 6.07) is 10.8. The molecule has 1 aliphatic rings. The SMILES string of the molecule is Cc1coc2cc(-c3nc4cc(C(=O)NS(C)(=O)=O)ccc4n3C3CCCCC3)ccc2c1=O. The van der Waals surface area contributed by atoms with Gasteiger partial charge >= 0.3 is 0 Å². The number of nitrogens with zero attached hydrogens (tertiary/aromatic N) is 2. The molecule has 9 heteroatoms. The fraction of sp³-hybridized carbons (Fsp3) is 0.320. The van der Waals surface area contributed by atoms with Gasteiger partial charge in [0.15, 0.2) is 5.43 Å². The Hall–Kier alpha value is -3.46. The van der Waals surface area contributed by atoms with Gasteiger partial charge in [-0.05, 0) is 50.1 Å². The Balaban J connectivity index is 1.68. The van der Waals surface area contributed by atoms with Crippen LogP contribution in [0.2, 0.25) is 0 Å². The van der Waals surface area contributed by atoms with E-state index in [1.165, 1.54) is 12.7 Å². The summed E-state index contributed by atoms with van der Waals surface area (Å²) in [5.41, 5.74) is 3.49. The van der Waals surface area contributed by atoms with Crippen LogP contribution < -0.4 is 10.2 Å². The van der Waals surface area contributed by atoms with E-state index in [4.69, 9.17) is 9.40 Å². The highest BCUT2D eigenvalue weighted by atomic mass is 32.2. The van der Waals surface area contributed by atoms with Crippen LogP contribution in [0.1, 0.15) is 54.1 Å². The molecule has 0 aliphatic heterocycles. The van der Waals surface area contributed by atoms with E-state index in [1.54, 1.807) is 25.1 Å². The molecule has 1 saturated carbocycles. The number of nitrogens with one attached hydrogen (secondary N) is 1. The van der Waals surface area contributed by atoms with Crippen molar-refractivity contribution in [3.63, 3.8) is 0 Å². The largest absolute Gasteiger partial charge is 0.464 e. The summed E-state index contributed by atoms with van der Waals surface area (Å²) in [4.78, 5) is 29.7. The van der Waals surface area contributed by atoms with Crippen molar-refractivity contribution in [2.45, 2.75) is 45.1 Å². The van der Waals surface area contributed by atoms with E-state index in [0.717, 1.165) is 48.8 Å². The van der Waals surface area contributed by atoms with Crippen molar-refractivity contribution in [1.82, 2.24) is 14.3 Å². The number of aromatic nitrogens is 2. The second-order valence-corrected chi connectivity index (χ2v) is 10.7. The molecule has 176 valence electrons. The van der Waals surface area contributed by atoms with Crippen molar-refractivity contribution in [3.05, 3.63) is 64.0 Å². The first-order valence-corrected chi connectivity index (χ1v) is 13.2. The number of sulfonamides is 1. The lowest BCUT2D eigenvalue weighted by Crippen LogP contribution is -2.29. The molecular formula is C25H25N3O5S. The molecule has 1 aliphatic carbocycles. The van der Waals surface area contributed by atoms with Gasteiger partial charge in [0.2, 0.25) is 10.0 Å². The first-order chi connectivity index (χ1) is 16.2. The van der Waals surface area contributed by atoms with E-state index >= 15 is 0 Å². The van der Waals surface area contributed by atoms with E-state index in [0.29, 0.717) is 22.0 Å². The minimum absolute atomic E-state index is 0.0601. The molecule has 0 bridgehead atoms. The second kappa shape index (κ2) is 8.39. The molecule has 1 fully saturated rings. The summed E-state index contributed by atoms with van der Waals surface area (Å²) in [6.45, 7) is 1.72. The van der Waals surface area contributed by atoms with E-state index in [9.17, 15) is 18.0 Å². The summed E-state index contributed by atoms with van der Waals surface area (Å²) in [7, 11) is -3.68. The Labute approximate surface area is 196 Å². The third kappa shape index (κ3) is 4.11. The maximum Gasteiger partial charge on any atom is 0.264 e. The lowest BCUT2D eigenvalue weighted by atomic mass is 9.94. The highest BCUT2D eigenvalue weighted by molar-refractivity contribution is 7.89. The normalized spacial score (nSPS) is 15.1. The van der Waals surface area contributed by atoms with Crippen molar-refractivity contribution < 1.29 is 17.6 Å². The maximum atomic E-state index is 12.5. The van der Waals surface area contributed by atoms with Crippen LogP contribution in [0.15, 0.2) is 51.9 Å². The average molecular weight is 480 g/mol. The third-order valence-corrected chi connectivity index (χ3v) is 6.93. The van der Waals surface area contributed by atoms with Crippen LogP contribution in [0.3, 0.4) is 0 Å². The number of rotatable bonds is 4. The lowest BCUT2D eigenvalue weighted by molar-refractivity contribution is 0.0982. The van der Waals surface area contributed by atoms with Gasteiger partial charge in [0.05, 0.1) is 28.9 Å². The van der Waals surface area contributed by atoms with Gasteiger partial charge in [0.1, 0.15) is 11.4 Å². The third-order valence-electron chi connectivity index (χ3n) is 6.37. The van der Waals surface area contributed by atoms with E-state index in [-0.39, 0.29) is 17.0 Å². The molecule has 1 N–H and O–H groups in total. The Morgan fingerprint density at radius 2 is 1.88 bits per heavy atom. The van der Waals surface area contributed by atoms with Gasteiger partial charge in [-0.1, -0.05) is 25.3 Å². The molecule has 0 unspecified atom stereocenters. The molecule has 2 aromatic heterocycles.